The zero-order valence-corrected chi connectivity index (χ0v) is 15.3. The molecule has 1 unspecified atom stereocenters. The third-order valence-electron chi connectivity index (χ3n) is 3.61. The normalized spacial score (nSPS) is 18.9. The van der Waals surface area contributed by atoms with E-state index in [2.05, 4.69) is 10.6 Å². The maximum atomic E-state index is 12.3. The number of rotatable bonds is 6. The van der Waals surface area contributed by atoms with Crippen LogP contribution in [0.15, 0.2) is 0 Å². The summed E-state index contributed by atoms with van der Waals surface area (Å²) >= 11 is 0. The van der Waals surface area contributed by atoms with E-state index < -0.39 is 5.60 Å². The summed E-state index contributed by atoms with van der Waals surface area (Å²) in [6.45, 7) is 11.6. The van der Waals surface area contributed by atoms with Crippen molar-refractivity contribution in [1.29, 1.82) is 0 Å². The number of ether oxygens (including phenoxy) is 1. The maximum Gasteiger partial charge on any atom is 0.410 e. The molecular weight excluding hydrogens is 294 g/mol. The Labute approximate surface area is 140 Å². The van der Waals surface area contributed by atoms with Crippen LogP contribution in [0.1, 0.15) is 60.3 Å². The van der Waals surface area contributed by atoms with Crippen LogP contribution in [0.2, 0.25) is 0 Å². The van der Waals surface area contributed by atoms with Gasteiger partial charge in [-0.25, -0.2) is 4.79 Å². The second-order valence-electron chi connectivity index (χ2n) is 7.50. The molecule has 0 aromatic rings. The summed E-state index contributed by atoms with van der Waals surface area (Å²) in [5.41, 5.74) is -0.471. The number of carbonyl (C=O) groups excluding carboxylic acids is 2. The molecule has 6 heteroatoms. The third kappa shape index (κ3) is 8.21. The monoisotopic (exact) mass is 327 g/mol. The highest BCUT2D eigenvalue weighted by Crippen LogP contribution is 2.20. The number of nitrogens with one attached hydrogen (secondary N) is 2. The maximum absolute atomic E-state index is 12.3. The van der Waals surface area contributed by atoms with Crippen LogP contribution in [0.25, 0.3) is 0 Å². The fourth-order valence-electron chi connectivity index (χ4n) is 2.64. The highest BCUT2D eigenvalue weighted by atomic mass is 16.6. The SMILES string of the molecule is CC(C)NC(=O)CCNCC1CCCCN1C(=O)OC(C)(C)C. The second kappa shape index (κ2) is 9.11. The molecule has 6 nitrogen and oxygen atoms in total. The number of amides is 2. The van der Waals surface area contributed by atoms with Crippen molar-refractivity contribution < 1.29 is 14.3 Å². The van der Waals surface area contributed by atoms with Crippen molar-refractivity contribution in [2.45, 2.75) is 78.0 Å². The molecule has 2 N–H and O–H groups in total. The predicted octanol–water partition coefficient (Wildman–Crippen LogP) is 2.28. The van der Waals surface area contributed by atoms with Gasteiger partial charge in [-0.2, -0.15) is 0 Å². The van der Waals surface area contributed by atoms with Crippen LogP contribution in [0.3, 0.4) is 0 Å². The third-order valence-corrected chi connectivity index (χ3v) is 3.61. The minimum atomic E-state index is -0.471. The Bertz CT molecular complexity index is 391. The van der Waals surface area contributed by atoms with Crippen molar-refractivity contribution in [2.24, 2.45) is 0 Å². The molecule has 0 radical (unpaired) electrons. The summed E-state index contributed by atoms with van der Waals surface area (Å²) in [7, 11) is 0. The fourth-order valence-corrected chi connectivity index (χ4v) is 2.64. The first-order chi connectivity index (χ1) is 10.7. The van der Waals surface area contributed by atoms with Crippen LogP contribution < -0.4 is 10.6 Å². The van der Waals surface area contributed by atoms with Gasteiger partial charge in [0.25, 0.3) is 0 Å². The molecule has 1 saturated heterocycles. The van der Waals surface area contributed by atoms with E-state index in [0.29, 0.717) is 19.5 Å². The number of piperidine rings is 1. The molecule has 134 valence electrons. The van der Waals surface area contributed by atoms with Crippen molar-refractivity contribution in [3.63, 3.8) is 0 Å². The van der Waals surface area contributed by atoms with E-state index in [1.54, 1.807) is 0 Å². The zero-order chi connectivity index (χ0) is 17.5. The van der Waals surface area contributed by atoms with Gasteiger partial charge < -0.3 is 20.3 Å². The Morgan fingerprint density at radius 2 is 1.96 bits per heavy atom. The van der Waals surface area contributed by atoms with E-state index in [0.717, 1.165) is 25.8 Å². The van der Waals surface area contributed by atoms with Gasteiger partial charge in [-0.3, -0.25) is 4.79 Å². The summed E-state index contributed by atoms with van der Waals surface area (Å²) in [6, 6.07) is 0.315. The Morgan fingerprint density at radius 1 is 1.26 bits per heavy atom. The predicted molar refractivity (Wildman–Crippen MR) is 91.3 cm³/mol. The van der Waals surface area contributed by atoms with Crippen molar-refractivity contribution in [3.05, 3.63) is 0 Å². The van der Waals surface area contributed by atoms with Crippen LogP contribution in [0, 0.1) is 0 Å². The van der Waals surface area contributed by atoms with Gasteiger partial charge in [-0.1, -0.05) is 0 Å². The molecule has 0 aromatic heterocycles. The van der Waals surface area contributed by atoms with Crippen LogP contribution >= 0.6 is 0 Å². The van der Waals surface area contributed by atoms with Gasteiger partial charge in [0, 0.05) is 38.1 Å². The molecule has 1 rings (SSSR count). The Hall–Kier alpha value is -1.30. The van der Waals surface area contributed by atoms with E-state index in [4.69, 9.17) is 4.74 Å². The molecule has 1 aliphatic rings. The number of likely N-dealkylation sites (tertiary alicyclic amines) is 1. The molecule has 1 atom stereocenters. The molecule has 0 spiro atoms. The Kier molecular flexibility index (Phi) is 7.82. The summed E-state index contributed by atoms with van der Waals surface area (Å²) in [5.74, 6) is 0.0557. The highest BCUT2D eigenvalue weighted by Gasteiger charge is 2.30. The van der Waals surface area contributed by atoms with E-state index in [1.165, 1.54) is 0 Å². The summed E-state index contributed by atoms with van der Waals surface area (Å²) < 4.78 is 5.49. The summed E-state index contributed by atoms with van der Waals surface area (Å²) in [5, 5.41) is 6.17. The first kappa shape index (κ1) is 19.7. The molecule has 1 heterocycles. The first-order valence-corrected chi connectivity index (χ1v) is 8.69. The standard InChI is InChI=1S/C17H33N3O3/c1-13(2)19-15(21)9-10-18-12-14-8-6-7-11-20(14)16(22)23-17(3,4)5/h13-14,18H,6-12H2,1-5H3,(H,19,21). The zero-order valence-electron chi connectivity index (χ0n) is 15.3. The molecule has 0 saturated carbocycles. The highest BCUT2D eigenvalue weighted by molar-refractivity contribution is 5.76. The van der Waals surface area contributed by atoms with Gasteiger partial charge >= 0.3 is 6.09 Å². The van der Waals surface area contributed by atoms with Gasteiger partial charge in [0.05, 0.1) is 0 Å². The quantitative estimate of drug-likeness (QED) is 0.734. The fraction of sp³-hybridized carbons (Fsp3) is 0.882. The first-order valence-electron chi connectivity index (χ1n) is 8.69. The van der Waals surface area contributed by atoms with Crippen molar-refractivity contribution in [3.8, 4) is 0 Å². The average molecular weight is 327 g/mol. The Balaban J connectivity index is 2.37. The number of hydrogen-bond donors (Lipinski definition) is 2. The van der Waals surface area contributed by atoms with Gasteiger partial charge in [0.1, 0.15) is 5.60 Å². The summed E-state index contributed by atoms with van der Waals surface area (Å²) in [6.07, 6.45) is 3.34. The number of nitrogens with zero attached hydrogens (tertiary/aromatic N) is 1. The minimum absolute atomic E-state index is 0.0557. The van der Waals surface area contributed by atoms with Crippen LogP contribution in [-0.2, 0) is 9.53 Å². The lowest BCUT2D eigenvalue weighted by molar-refractivity contribution is -0.121. The van der Waals surface area contributed by atoms with Gasteiger partial charge in [-0.15, -0.1) is 0 Å². The smallest absolute Gasteiger partial charge is 0.410 e. The van der Waals surface area contributed by atoms with Crippen molar-refractivity contribution in [2.75, 3.05) is 19.6 Å². The lowest BCUT2D eigenvalue weighted by atomic mass is 10.0. The van der Waals surface area contributed by atoms with E-state index in [-0.39, 0.29) is 24.1 Å². The minimum Gasteiger partial charge on any atom is -0.444 e. The van der Waals surface area contributed by atoms with Crippen LogP contribution in [0.5, 0.6) is 0 Å². The lowest BCUT2D eigenvalue weighted by Gasteiger charge is -2.36. The molecule has 1 fully saturated rings. The van der Waals surface area contributed by atoms with E-state index in [1.807, 2.05) is 39.5 Å². The van der Waals surface area contributed by atoms with E-state index >= 15 is 0 Å². The molecule has 0 bridgehead atoms. The lowest BCUT2D eigenvalue weighted by Crippen LogP contribution is -2.50. The Morgan fingerprint density at radius 3 is 2.57 bits per heavy atom. The summed E-state index contributed by atoms with van der Waals surface area (Å²) in [4.78, 5) is 25.7. The number of hydrogen-bond acceptors (Lipinski definition) is 4. The van der Waals surface area contributed by atoms with Gasteiger partial charge in [-0.05, 0) is 53.9 Å². The molecule has 0 aromatic carbocycles. The van der Waals surface area contributed by atoms with Crippen LogP contribution in [0.4, 0.5) is 4.79 Å². The molecule has 23 heavy (non-hydrogen) atoms. The van der Waals surface area contributed by atoms with Crippen LogP contribution in [-0.4, -0.2) is 54.2 Å². The second-order valence-corrected chi connectivity index (χ2v) is 7.50. The molecule has 1 aliphatic heterocycles. The van der Waals surface area contributed by atoms with Crippen molar-refractivity contribution >= 4 is 12.0 Å². The molecule has 0 aliphatic carbocycles. The average Bonchev–Trinajstić information content (AvgIpc) is 2.41. The molecular formula is C17H33N3O3. The largest absolute Gasteiger partial charge is 0.444 e. The van der Waals surface area contributed by atoms with E-state index in [9.17, 15) is 9.59 Å². The topological polar surface area (TPSA) is 70.7 Å². The number of carbonyl (C=O) groups is 2. The van der Waals surface area contributed by atoms with Gasteiger partial charge in [0.15, 0.2) is 0 Å². The van der Waals surface area contributed by atoms with Gasteiger partial charge in [0.2, 0.25) is 5.91 Å². The van der Waals surface area contributed by atoms with Crippen molar-refractivity contribution in [1.82, 2.24) is 15.5 Å². The molecule has 2 amide bonds.